The minimum Gasteiger partial charge on any atom is -0.495 e. The number of methoxy groups -OCH3 is 1. The number of hydrogen-bond acceptors (Lipinski definition) is 3. The molecule has 20 heavy (non-hydrogen) atoms. The molecule has 1 N–H and O–H groups in total. The minimum absolute atomic E-state index is 0.655. The molecule has 2 atom stereocenters. The number of anilines is 1. The number of halogens is 1. The molecular weight excluding hydrogens is 272 g/mol. The third-order valence-electron chi connectivity index (χ3n) is 4.66. The third kappa shape index (κ3) is 2.49. The first-order valence-electron chi connectivity index (χ1n) is 7.58. The second-order valence-corrected chi connectivity index (χ2v) is 6.24. The maximum atomic E-state index is 6.28. The van der Waals surface area contributed by atoms with E-state index in [1.807, 2.05) is 6.07 Å². The number of nitrogens with one attached hydrogen (secondary N) is 1. The van der Waals surface area contributed by atoms with Crippen molar-refractivity contribution in [1.29, 1.82) is 0 Å². The molecule has 0 aliphatic carbocycles. The van der Waals surface area contributed by atoms with Crippen LogP contribution in [0.25, 0.3) is 0 Å². The van der Waals surface area contributed by atoms with Crippen molar-refractivity contribution in [3.05, 3.63) is 23.2 Å². The molecule has 2 heterocycles. The maximum absolute atomic E-state index is 6.28. The Hall–Kier alpha value is -0.930. The fourth-order valence-electron chi connectivity index (χ4n) is 3.87. The summed E-state index contributed by atoms with van der Waals surface area (Å²) in [7, 11) is 1.66. The summed E-state index contributed by atoms with van der Waals surface area (Å²) < 4.78 is 5.25. The van der Waals surface area contributed by atoms with Gasteiger partial charge in [0.1, 0.15) is 5.75 Å². The number of nitrogens with zero attached hydrogens (tertiary/aromatic N) is 1. The molecule has 1 aromatic rings. The van der Waals surface area contributed by atoms with Gasteiger partial charge in [-0.05, 0) is 50.4 Å². The molecule has 0 spiro atoms. The Morgan fingerprint density at radius 2 is 2.00 bits per heavy atom. The number of piperidine rings is 1. The average molecular weight is 295 g/mol. The summed E-state index contributed by atoms with van der Waals surface area (Å²) >= 11 is 6.28. The summed E-state index contributed by atoms with van der Waals surface area (Å²) in [4.78, 5) is 2.58. The van der Waals surface area contributed by atoms with Gasteiger partial charge in [-0.2, -0.15) is 0 Å². The van der Waals surface area contributed by atoms with Crippen molar-refractivity contribution >= 4 is 17.3 Å². The van der Waals surface area contributed by atoms with E-state index in [2.05, 4.69) is 29.3 Å². The zero-order valence-electron chi connectivity index (χ0n) is 12.2. The van der Waals surface area contributed by atoms with Crippen LogP contribution < -0.4 is 15.0 Å². The Balaban J connectivity index is 1.80. The van der Waals surface area contributed by atoms with Crippen molar-refractivity contribution in [3.8, 4) is 5.75 Å². The lowest BCUT2D eigenvalue weighted by Gasteiger charge is -2.41. The van der Waals surface area contributed by atoms with Gasteiger partial charge in [0.2, 0.25) is 0 Å². The van der Waals surface area contributed by atoms with Crippen LogP contribution in [0.5, 0.6) is 5.75 Å². The van der Waals surface area contributed by atoms with Crippen molar-refractivity contribution in [1.82, 2.24) is 5.32 Å². The monoisotopic (exact) mass is 294 g/mol. The van der Waals surface area contributed by atoms with Crippen LogP contribution in [0.2, 0.25) is 5.02 Å². The highest BCUT2D eigenvalue weighted by molar-refractivity contribution is 6.32. The van der Waals surface area contributed by atoms with Gasteiger partial charge in [0.05, 0.1) is 12.1 Å². The van der Waals surface area contributed by atoms with Gasteiger partial charge in [-0.15, -0.1) is 0 Å². The Kier molecular flexibility index (Phi) is 4.08. The van der Waals surface area contributed by atoms with E-state index in [-0.39, 0.29) is 0 Å². The van der Waals surface area contributed by atoms with Gasteiger partial charge in [-0.1, -0.05) is 18.5 Å². The van der Waals surface area contributed by atoms with Crippen LogP contribution >= 0.6 is 11.6 Å². The average Bonchev–Trinajstić information content (AvgIpc) is 2.70. The molecule has 0 amide bonds. The highest BCUT2D eigenvalue weighted by Gasteiger charge is 2.40. The van der Waals surface area contributed by atoms with Crippen molar-refractivity contribution in [2.75, 3.05) is 18.6 Å². The minimum atomic E-state index is 0.655. The largest absolute Gasteiger partial charge is 0.495 e. The van der Waals surface area contributed by atoms with E-state index < -0.39 is 0 Å². The fourth-order valence-corrected chi connectivity index (χ4v) is 4.12. The predicted molar refractivity (Wildman–Crippen MR) is 84.0 cm³/mol. The topological polar surface area (TPSA) is 24.5 Å². The summed E-state index contributed by atoms with van der Waals surface area (Å²) in [5.74, 6) is 0.755. The van der Waals surface area contributed by atoms with E-state index in [9.17, 15) is 0 Å². The molecule has 2 bridgehead atoms. The number of rotatable bonds is 4. The van der Waals surface area contributed by atoms with Crippen molar-refractivity contribution < 1.29 is 4.74 Å². The first-order valence-corrected chi connectivity index (χ1v) is 7.96. The van der Waals surface area contributed by atoms with Crippen molar-refractivity contribution in [3.63, 3.8) is 0 Å². The van der Waals surface area contributed by atoms with Crippen LogP contribution in [-0.4, -0.2) is 31.8 Å². The molecule has 4 heteroatoms. The molecule has 2 aliphatic heterocycles. The van der Waals surface area contributed by atoms with Gasteiger partial charge in [0.15, 0.2) is 0 Å². The molecular formula is C16H23ClN2O. The third-order valence-corrected chi connectivity index (χ3v) is 4.95. The molecule has 0 radical (unpaired) electrons. The first-order chi connectivity index (χ1) is 9.72. The lowest BCUT2D eigenvalue weighted by atomic mass is 9.96. The molecule has 2 saturated heterocycles. The Morgan fingerprint density at radius 1 is 1.30 bits per heavy atom. The van der Waals surface area contributed by atoms with E-state index in [0.717, 1.165) is 12.3 Å². The molecule has 0 aromatic heterocycles. The quantitative estimate of drug-likeness (QED) is 0.920. The number of fused-ring (bicyclic) bond motifs is 2. The van der Waals surface area contributed by atoms with Crippen LogP contribution in [0.15, 0.2) is 18.2 Å². The second kappa shape index (κ2) is 5.82. The van der Waals surface area contributed by atoms with Crippen LogP contribution in [0.3, 0.4) is 0 Å². The molecule has 0 saturated carbocycles. The molecule has 2 fully saturated rings. The smallest absolute Gasteiger partial charge is 0.137 e. The van der Waals surface area contributed by atoms with Crippen LogP contribution in [0.4, 0.5) is 5.69 Å². The van der Waals surface area contributed by atoms with Gasteiger partial charge in [-0.3, -0.25) is 0 Å². The van der Waals surface area contributed by atoms with E-state index >= 15 is 0 Å². The first kappa shape index (κ1) is 14.0. The Labute approximate surface area is 126 Å². The number of ether oxygens (including phenoxy) is 1. The van der Waals surface area contributed by atoms with Crippen molar-refractivity contribution in [2.24, 2.45) is 0 Å². The molecule has 3 nitrogen and oxygen atoms in total. The van der Waals surface area contributed by atoms with Gasteiger partial charge in [0, 0.05) is 23.8 Å². The van der Waals surface area contributed by atoms with Crippen LogP contribution in [0, 0.1) is 0 Å². The summed E-state index contributed by atoms with van der Waals surface area (Å²) in [6, 6.07) is 8.17. The summed E-state index contributed by atoms with van der Waals surface area (Å²) in [5.41, 5.74) is 1.25. The lowest BCUT2D eigenvalue weighted by molar-refractivity contribution is 0.361. The highest BCUT2D eigenvalue weighted by atomic mass is 35.5. The van der Waals surface area contributed by atoms with Crippen LogP contribution in [0.1, 0.15) is 32.6 Å². The molecule has 2 aliphatic rings. The lowest BCUT2D eigenvalue weighted by Crippen LogP contribution is -2.49. The molecule has 1 aromatic carbocycles. The second-order valence-electron chi connectivity index (χ2n) is 5.84. The molecule has 2 unspecified atom stereocenters. The standard InChI is InChI=1S/C16H23ClN2O/c1-3-18-11-8-12-4-5-13(9-11)19(12)14-6-7-16(20-2)15(17)10-14/h6-7,10-13,18H,3-5,8-9H2,1-2H3. The van der Waals surface area contributed by atoms with Gasteiger partial charge < -0.3 is 15.0 Å². The highest BCUT2D eigenvalue weighted by Crippen LogP contribution is 2.41. The number of benzene rings is 1. The summed E-state index contributed by atoms with van der Waals surface area (Å²) in [6.45, 7) is 3.26. The van der Waals surface area contributed by atoms with E-state index in [1.54, 1.807) is 7.11 Å². The summed E-state index contributed by atoms with van der Waals surface area (Å²) in [6.07, 6.45) is 5.09. The predicted octanol–water partition coefficient (Wildman–Crippen LogP) is 3.46. The number of hydrogen-bond donors (Lipinski definition) is 1. The SMILES string of the molecule is CCNC1CC2CCC(C1)N2c1ccc(OC)c(Cl)c1. The Bertz CT molecular complexity index is 466. The molecule has 110 valence electrons. The van der Waals surface area contributed by atoms with Crippen molar-refractivity contribution in [2.45, 2.75) is 50.7 Å². The van der Waals surface area contributed by atoms with Gasteiger partial charge in [-0.25, -0.2) is 0 Å². The van der Waals surface area contributed by atoms with Gasteiger partial charge in [0.25, 0.3) is 0 Å². The Morgan fingerprint density at radius 3 is 2.55 bits per heavy atom. The fraction of sp³-hybridized carbons (Fsp3) is 0.625. The zero-order chi connectivity index (χ0) is 14.1. The van der Waals surface area contributed by atoms with E-state index in [0.29, 0.717) is 23.1 Å². The normalized spacial score (nSPS) is 28.8. The van der Waals surface area contributed by atoms with Gasteiger partial charge >= 0.3 is 0 Å². The molecule has 3 rings (SSSR count). The van der Waals surface area contributed by atoms with E-state index in [4.69, 9.17) is 16.3 Å². The zero-order valence-corrected chi connectivity index (χ0v) is 13.0. The maximum Gasteiger partial charge on any atom is 0.137 e. The van der Waals surface area contributed by atoms with E-state index in [1.165, 1.54) is 31.4 Å². The van der Waals surface area contributed by atoms with Crippen LogP contribution in [-0.2, 0) is 0 Å². The summed E-state index contributed by atoms with van der Waals surface area (Å²) in [5, 5.41) is 4.32.